The number of carbonyl (C=O) groups excluding carboxylic acids is 2. The summed E-state index contributed by atoms with van der Waals surface area (Å²) in [7, 11) is 0.608. The van der Waals surface area contributed by atoms with Gasteiger partial charge in [0.25, 0.3) is 5.60 Å². The molecule has 1 aromatic rings. The molecule has 0 aliphatic carbocycles. The Morgan fingerprint density at radius 3 is 2.30 bits per heavy atom. The Kier molecular flexibility index (Phi) is 6.14. The molecule has 0 spiro atoms. The standard InChI is InChI=1S/C12H9Cl3F3NO4/c1-23-10(21)11(22,12(16,17)18)8(15)9(20)19-7-3-2-5(13)4-6(7)14/h2-4,8,22H,1H3,(H,19,20)/t8-,11-/m0/s1. The van der Waals surface area contributed by atoms with Crippen LogP contribution in [0.3, 0.4) is 0 Å². The number of halogens is 6. The molecule has 0 saturated carbocycles. The van der Waals surface area contributed by atoms with Crippen LogP contribution in [-0.4, -0.2) is 41.2 Å². The summed E-state index contributed by atoms with van der Waals surface area (Å²) >= 11 is 16.8. The van der Waals surface area contributed by atoms with Gasteiger partial charge < -0.3 is 15.2 Å². The second-order valence-electron chi connectivity index (χ2n) is 4.23. The van der Waals surface area contributed by atoms with Crippen molar-refractivity contribution in [2.75, 3.05) is 12.4 Å². The Morgan fingerprint density at radius 2 is 1.87 bits per heavy atom. The molecule has 11 heteroatoms. The summed E-state index contributed by atoms with van der Waals surface area (Å²) in [4.78, 5) is 23.2. The SMILES string of the molecule is COC(=O)[C@@](O)([C@@H](Cl)C(=O)Nc1ccc(Cl)cc1Cl)C(F)(F)F. The number of esters is 1. The number of aliphatic hydroxyl groups is 1. The Morgan fingerprint density at radius 1 is 1.30 bits per heavy atom. The number of benzene rings is 1. The minimum atomic E-state index is -5.55. The van der Waals surface area contributed by atoms with Gasteiger partial charge in [0.05, 0.1) is 17.8 Å². The molecule has 1 amide bonds. The van der Waals surface area contributed by atoms with Crippen molar-refractivity contribution < 1.29 is 32.6 Å². The van der Waals surface area contributed by atoms with Gasteiger partial charge in [0.2, 0.25) is 5.91 Å². The zero-order chi connectivity index (χ0) is 18.0. The maximum absolute atomic E-state index is 13.0. The average molecular weight is 395 g/mol. The fraction of sp³-hybridized carbons (Fsp3) is 0.333. The van der Waals surface area contributed by atoms with Gasteiger partial charge in [0.15, 0.2) is 5.38 Å². The summed E-state index contributed by atoms with van der Waals surface area (Å²) in [5.74, 6) is -3.64. The lowest BCUT2D eigenvalue weighted by atomic mass is 9.98. The van der Waals surface area contributed by atoms with Crippen LogP contribution in [0.25, 0.3) is 0 Å². The molecule has 23 heavy (non-hydrogen) atoms. The van der Waals surface area contributed by atoms with Crippen molar-refractivity contribution in [3.63, 3.8) is 0 Å². The number of carbonyl (C=O) groups is 2. The fourth-order valence-electron chi connectivity index (χ4n) is 1.50. The third-order valence-electron chi connectivity index (χ3n) is 2.71. The van der Waals surface area contributed by atoms with Gasteiger partial charge in [0, 0.05) is 5.02 Å². The van der Waals surface area contributed by atoms with E-state index in [1.54, 1.807) is 0 Å². The maximum atomic E-state index is 13.0. The Labute approximate surface area is 143 Å². The maximum Gasteiger partial charge on any atom is 0.430 e. The largest absolute Gasteiger partial charge is 0.467 e. The minimum absolute atomic E-state index is 0.0802. The quantitative estimate of drug-likeness (QED) is 0.608. The Hall–Kier alpha value is -1.22. The van der Waals surface area contributed by atoms with Crippen LogP contribution in [0.5, 0.6) is 0 Å². The first-order valence-corrected chi connectivity index (χ1v) is 6.92. The van der Waals surface area contributed by atoms with E-state index in [9.17, 15) is 27.9 Å². The fourth-order valence-corrected chi connectivity index (χ4v) is 2.22. The van der Waals surface area contributed by atoms with Crippen molar-refractivity contribution in [2.24, 2.45) is 0 Å². The molecule has 128 valence electrons. The molecular weight excluding hydrogens is 385 g/mol. The molecule has 0 aliphatic heterocycles. The molecule has 0 unspecified atom stereocenters. The molecule has 1 aromatic carbocycles. The number of hydrogen-bond donors (Lipinski definition) is 2. The summed E-state index contributed by atoms with van der Waals surface area (Å²) in [6.45, 7) is 0. The Balaban J connectivity index is 3.12. The number of rotatable bonds is 4. The zero-order valence-electron chi connectivity index (χ0n) is 11.2. The van der Waals surface area contributed by atoms with Crippen LogP contribution in [0.15, 0.2) is 18.2 Å². The normalized spacial score (nSPS) is 15.5. The number of alkyl halides is 4. The second kappa shape index (κ2) is 7.12. The molecule has 5 nitrogen and oxygen atoms in total. The van der Waals surface area contributed by atoms with E-state index in [0.717, 1.165) is 0 Å². The van der Waals surface area contributed by atoms with Crippen molar-refractivity contribution in [3.8, 4) is 0 Å². The summed E-state index contributed by atoms with van der Waals surface area (Å²) in [5.41, 5.74) is -4.34. The lowest BCUT2D eigenvalue weighted by molar-refractivity contribution is -0.260. The molecule has 0 radical (unpaired) electrons. The van der Waals surface area contributed by atoms with Gasteiger partial charge in [-0.3, -0.25) is 4.79 Å². The second-order valence-corrected chi connectivity index (χ2v) is 5.51. The van der Waals surface area contributed by atoms with Gasteiger partial charge in [0.1, 0.15) is 0 Å². The molecule has 2 N–H and O–H groups in total. The first kappa shape index (κ1) is 19.8. The molecule has 0 bridgehead atoms. The van der Waals surface area contributed by atoms with Gasteiger partial charge in [-0.2, -0.15) is 13.2 Å². The molecular formula is C12H9Cl3F3NO4. The topological polar surface area (TPSA) is 75.6 Å². The minimum Gasteiger partial charge on any atom is -0.467 e. The van der Waals surface area contributed by atoms with Crippen LogP contribution in [0, 0.1) is 0 Å². The monoisotopic (exact) mass is 393 g/mol. The average Bonchev–Trinajstić information content (AvgIpc) is 2.46. The van der Waals surface area contributed by atoms with E-state index in [2.05, 4.69) is 4.74 Å². The zero-order valence-corrected chi connectivity index (χ0v) is 13.5. The smallest absolute Gasteiger partial charge is 0.430 e. The van der Waals surface area contributed by atoms with Gasteiger partial charge >= 0.3 is 12.1 Å². The lowest BCUT2D eigenvalue weighted by Gasteiger charge is -2.30. The molecule has 0 aromatic heterocycles. The number of anilines is 1. The highest BCUT2D eigenvalue weighted by Gasteiger charge is 2.67. The first-order valence-electron chi connectivity index (χ1n) is 5.72. The lowest BCUT2D eigenvalue weighted by Crippen LogP contribution is -2.62. The highest BCUT2D eigenvalue weighted by atomic mass is 35.5. The molecule has 2 atom stereocenters. The van der Waals surface area contributed by atoms with Crippen LogP contribution in [0.1, 0.15) is 0 Å². The van der Waals surface area contributed by atoms with Gasteiger partial charge in [-0.15, -0.1) is 11.6 Å². The van der Waals surface area contributed by atoms with Crippen molar-refractivity contribution >= 4 is 52.4 Å². The van der Waals surface area contributed by atoms with E-state index in [-0.39, 0.29) is 15.7 Å². The van der Waals surface area contributed by atoms with Crippen molar-refractivity contribution in [2.45, 2.75) is 17.2 Å². The number of nitrogens with one attached hydrogen (secondary N) is 1. The number of amides is 1. The van der Waals surface area contributed by atoms with Gasteiger partial charge in [-0.1, -0.05) is 23.2 Å². The van der Waals surface area contributed by atoms with Crippen LogP contribution < -0.4 is 5.32 Å². The summed E-state index contributed by atoms with van der Waals surface area (Å²) in [6.07, 6.45) is -5.55. The number of methoxy groups -OCH3 is 1. The van der Waals surface area contributed by atoms with Crippen LogP contribution in [0.2, 0.25) is 10.0 Å². The summed E-state index contributed by atoms with van der Waals surface area (Å²) in [5, 5.41) is 8.98. The van der Waals surface area contributed by atoms with Crippen LogP contribution in [-0.2, 0) is 14.3 Å². The molecule has 0 fully saturated rings. The van der Waals surface area contributed by atoms with Crippen molar-refractivity contribution in [1.82, 2.24) is 0 Å². The first-order chi connectivity index (χ1) is 10.4. The van der Waals surface area contributed by atoms with E-state index in [1.165, 1.54) is 18.2 Å². The van der Waals surface area contributed by atoms with E-state index >= 15 is 0 Å². The third kappa shape index (κ3) is 4.00. The van der Waals surface area contributed by atoms with Gasteiger partial charge in [-0.05, 0) is 18.2 Å². The van der Waals surface area contributed by atoms with Crippen molar-refractivity contribution in [3.05, 3.63) is 28.2 Å². The molecule has 0 heterocycles. The van der Waals surface area contributed by atoms with E-state index in [1.807, 2.05) is 5.32 Å². The summed E-state index contributed by atoms with van der Waals surface area (Å²) in [6, 6.07) is 3.73. The number of ether oxygens (including phenoxy) is 1. The van der Waals surface area contributed by atoms with E-state index in [0.29, 0.717) is 7.11 Å². The molecule has 0 saturated heterocycles. The molecule has 1 rings (SSSR count). The predicted molar refractivity (Wildman–Crippen MR) is 77.8 cm³/mol. The predicted octanol–water partition coefficient (Wildman–Crippen LogP) is 3.01. The van der Waals surface area contributed by atoms with Crippen molar-refractivity contribution in [1.29, 1.82) is 0 Å². The Bertz CT molecular complexity index is 626. The number of hydrogen-bond acceptors (Lipinski definition) is 4. The highest BCUT2D eigenvalue weighted by Crippen LogP contribution is 2.37. The van der Waals surface area contributed by atoms with E-state index in [4.69, 9.17) is 34.8 Å². The van der Waals surface area contributed by atoms with E-state index < -0.39 is 29.0 Å². The van der Waals surface area contributed by atoms with Crippen LogP contribution >= 0.6 is 34.8 Å². The van der Waals surface area contributed by atoms with Crippen LogP contribution in [0.4, 0.5) is 18.9 Å². The molecule has 0 aliphatic rings. The third-order valence-corrected chi connectivity index (χ3v) is 3.78. The summed E-state index contributed by atoms with van der Waals surface area (Å²) < 4.78 is 42.8. The highest BCUT2D eigenvalue weighted by molar-refractivity contribution is 6.38. The van der Waals surface area contributed by atoms with Gasteiger partial charge in [-0.25, -0.2) is 4.79 Å².